The Morgan fingerprint density at radius 3 is 1.52 bits per heavy atom. The summed E-state index contributed by atoms with van der Waals surface area (Å²) in [5.41, 5.74) is 2.29. The van der Waals surface area contributed by atoms with E-state index in [1.54, 1.807) is 55.4 Å². The first-order valence-electron chi connectivity index (χ1n) is 29.6. The highest BCUT2D eigenvalue weighted by Gasteiger charge is 2.66. The minimum absolute atomic E-state index is 0. The van der Waals surface area contributed by atoms with Crippen molar-refractivity contribution in [2.45, 2.75) is 251 Å². The molecule has 2 aliphatic carbocycles. The summed E-state index contributed by atoms with van der Waals surface area (Å²) in [6.07, 6.45) is 11.5. The number of esters is 3. The second kappa shape index (κ2) is 33.3. The predicted molar refractivity (Wildman–Crippen MR) is 319 cm³/mol. The van der Waals surface area contributed by atoms with Gasteiger partial charge in [-0.25, -0.2) is 24.0 Å². The van der Waals surface area contributed by atoms with Crippen LogP contribution >= 0.6 is 0 Å². The first-order chi connectivity index (χ1) is 39.0. The van der Waals surface area contributed by atoms with E-state index in [-0.39, 0.29) is 70.8 Å². The number of hydrogen-bond donors (Lipinski definition) is 6. The van der Waals surface area contributed by atoms with E-state index in [0.29, 0.717) is 51.6 Å². The molecule has 7 N–H and O–H groups in total. The lowest BCUT2D eigenvalue weighted by molar-refractivity contribution is -0.162. The number of likely N-dealkylation sites (tertiary alicyclic amines) is 2. The molecule has 0 aromatic carbocycles. The summed E-state index contributed by atoms with van der Waals surface area (Å²) in [5, 5.41) is 35.0. The van der Waals surface area contributed by atoms with Crippen molar-refractivity contribution in [2.75, 3.05) is 32.9 Å². The van der Waals surface area contributed by atoms with Gasteiger partial charge in [0.2, 0.25) is 23.6 Å². The summed E-state index contributed by atoms with van der Waals surface area (Å²) in [6.45, 7) is 23.3. The number of carboxylic acid groups (broad SMARTS) is 1. The smallest absolute Gasteiger partial charge is 0.408 e. The van der Waals surface area contributed by atoms with Crippen LogP contribution in [0.5, 0.6) is 0 Å². The number of unbranched alkanes of at least 4 members (excludes halogenated alkanes) is 6. The quantitative estimate of drug-likeness (QED) is 0.0165. The molecular formula is C60H102N6O18Si. The topological polar surface area (TPSA) is 337 Å². The van der Waals surface area contributed by atoms with Crippen LogP contribution in [-0.2, 0) is 62.0 Å². The van der Waals surface area contributed by atoms with E-state index in [9.17, 15) is 63.3 Å². The standard InChI is InChI=1S/C34H57N3O10Si.C25H41N3O8.CH4/c1-10-45-31(43)34(37(23(2)38)24(3)39)21-25(34)16-14-12-11-13-15-17-27(35-32(44)47-33(4,5)6)29(41)36-22-26(40)20-28(36)30(42)46-18-19-48(7,8)9;1-5-35-22(33)25(26)14-16(25)11-9-7-6-8-10-12-18(27-23(34)36-24(2,3)4)20(30)28-15-17(29)13-19(28)21(31)32;/h14,16,25-28,40H,10-13,15,17-22H2,1-9H3,(H,35,44);9,11,16-19,29H,5-8,10,12-15,26H2,1-4H3,(H,27,34)(H,31,32);1H4/b16-14-;11-9-;/t25-,26-,27+,28+,34-;16-,17-,18+,19+,25-;/m11./s1. The summed E-state index contributed by atoms with van der Waals surface area (Å²) in [5.74, 6) is -5.11. The van der Waals surface area contributed by atoms with Crippen LogP contribution in [0.2, 0.25) is 25.7 Å². The maximum atomic E-state index is 13.7. The number of hydrogen-bond acceptors (Lipinski definition) is 18. The number of rotatable bonds is 28. The van der Waals surface area contributed by atoms with Gasteiger partial charge in [-0.2, -0.15) is 0 Å². The predicted octanol–water partition coefficient (Wildman–Crippen LogP) is 6.30. The van der Waals surface area contributed by atoms with Gasteiger partial charge in [-0.3, -0.25) is 28.9 Å². The zero-order valence-electron chi connectivity index (χ0n) is 52.0. The second-order valence-electron chi connectivity index (χ2n) is 25.5. The molecule has 4 aliphatic rings. The van der Waals surface area contributed by atoms with Crippen molar-refractivity contribution >= 4 is 67.8 Å². The number of allylic oxidation sites excluding steroid dienone is 2. The van der Waals surface area contributed by atoms with Crippen molar-refractivity contribution in [1.29, 1.82) is 0 Å². The number of aliphatic carboxylic acids is 1. The van der Waals surface area contributed by atoms with Crippen molar-refractivity contribution in [3.63, 3.8) is 0 Å². The molecule has 0 radical (unpaired) electrons. The summed E-state index contributed by atoms with van der Waals surface area (Å²) in [7, 11) is -1.45. The minimum Gasteiger partial charge on any atom is -0.480 e. The van der Waals surface area contributed by atoms with Crippen molar-refractivity contribution in [2.24, 2.45) is 17.6 Å². The molecule has 85 heavy (non-hydrogen) atoms. The zero-order valence-corrected chi connectivity index (χ0v) is 53.0. The highest BCUT2D eigenvalue weighted by atomic mass is 28.3. The number of alkyl carbamates (subject to hydrolysis) is 2. The van der Waals surface area contributed by atoms with Crippen LogP contribution in [0.25, 0.3) is 0 Å². The Balaban J connectivity index is 0.000000596. The van der Waals surface area contributed by atoms with Crippen LogP contribution in [0.4, 0.5) is 9.59 Å². The van der Waals surface area contributed by atoms with Gasteiger partial charge in [0, 0.05) is 59.7 Å². The molecule has 6 amide bonds. The number of nitrogens with two attached hydrogens (primary N) is 1. The van der Waals surface area contributed by atoms with Gasteiger partial charge >= 0.3 is 36.1 Å². The van der Waals surface area contributed by atoms with Crippen molar-refractivity contribution < 1.29 is 86.9 Å². The first-order valence-corrected chi connectivity index (χ1v) is 33.4. The zero-order chi connectivity index (χ0) is 63.5. The van der Waals surface area contributed by atoms with Crippen LogP contribution in [0.1, 0.15) is 167 Å². The summed E-state index contributed by atoms with van der Waals surface area (Å²) >= 11 is 0. The molecule has 2 aliphatic heterocycles. The lowest BCUT2D eigenvalue weighted by Gasteiger charge is -2.29. The summed E-state index contributed by atoms with van der Waals surface area (Å²) < 4.78 is 26.4. The Hall–Kier alpha value is -5.92. The van der Waals surface area contributed by atoms with Crippen molar-refractivity contribution in [3.8, 4) is 0 Å². The molecule has 2 saturated carbocycles. The van der Waals surface area contributed by atoms with Crippen LogP contribution in [-0.4, -0.2) is 189 Å². The number of carboxylic acids is 1. The SMILES string of the molecule is C.CCOC(=O)[C@@]1(N(C(C)=O)C(C)=O)C[C@H]1/C=C\CCCCC[C@H](NC(=O)OC(C)(C)C)C(=O)N1C[C@H](O)C[C@H]1C(=O)OCC[Si](C)(C)C.CCOC(=O)[C@@]1(N)C[C@H]1/C=C\CCCCC[C@H](NC(=O)OC(C)(C)C)C(=O)N1C[C@H](O)C[C@H]1C(=O)O. The average Bonchev–Trinajstić information content (AvgIpc) is 1.63. The Morgan fingerprint density at radius 2 is 1.09 bits per heavy atom. The number of aliphatic hydroxyl groups is 2. The number of nitrogens with zero attached hydrogens (tertiary/aromatic N) is 3. The maximum absolute atomic E-state index is 13.7. The van der Waals surface area contributed by atoms with E-state index in [4.69, 9.17) is 29.4 Å². The van der Waals surface area contributed by atoms with Gasteiger partial charge < -0.3 is 65.2 Å². The Labute approximate surface area is 504 Å². The normalized spacial score (nSPS) is 24.2. The summed E-state index contributed by atoms with van der Waals surface area (Å²) in [6, 6.07) is -3.22. The van der Waals surface area contributed by atoms with E-state index in [0.717, 1.165) is 41.5 Å². The van der Waals surface area contributed by atoms with Crippen molar-refractivity contribution in [3.05, 3.63) is 24.3 Å². The second-order valence-corrected chi connectivity index (χ2v) is 31.2. The number of imide groups is 1. The lowest BCUT2D eigenvalue weighted by atomic mass is 10.0. The summed E-state index contributed by atoms with van der Waals surface area (Å²) in [4.78, 5) is 129. The molecule has 0 aromatic rings. The molecule has 10 atom stereocenters. The van der Waals surface area contributed by atoms with E-state index in [1.807, 2.05) is 24.3 Å². The minimum atomic E-state index is -1.45. The molecule has 24 nitrogen and oxygen atoms in total. The third-order valence-corrected chi connectivity index (χ3v) is 16.3. The third-order valence-electron chi connectivity index (χ3n) is 14.6. The van der Waals surface area contributed by atoms with Gasteiger partial charge in [0.15, 0.2) is 5.54 Å². The lowest BCUT2D eigenvalue weighted by Crippen LogP contribution is -2.52. The molecule has 4 fully saturated rings. The molecule has 0 unspecified atom stereocenters. The molecule has 2 heterocycles. The molecule has 0 spiro atoms. The number of β-amino-alcohol motifs (C(OH)–C–C–N with tert-alkyl or cyclic N) is 2. The van der Waals surface area contributed by atoms with E-state index in [2.05, 4.69) is 30.3 Å². The molecule has 0 aromatic heterocycles. The van der Waals surface area contributed by atoms with E-state index < -0.39 is 120 Å². The number of ether oxygens (including phenoxy) is 5. The van der Waals surface area contributed by atoms with Gasteiger partial charge in [-0.1, -0.05) is 77.1 Å². The molecule has 25 heteroatoms. The molecule has 0 bridgehead atoms. The third kappa shape index (κ3) is 24.0. The van der Waals surface area contributed by atoms with Crippen LogP contribution < -0.4 is 16.4 Å². The van der Waals surface area contributed by atoms with E-state index >= 15 is 0 Å². The van der Waals surface area contributed by atoms with Gasteiger partial charge in [0.1, 0.15) is 40.9 Å². The first kappa shape index (κ1) is 75.2. The number of carbonyl (C=O) groups excluding carboxylic acids is 9. The van der Waals surface area contributed by atoms with Gasteiger partial charge in [-0.05, 0) is 113 Å². The fourth-order valence-electron chi connectivity index (χ4n) is 10.2. The molecular weight excluding hydrogens is 1120 g/mol. The fourth-order valence-corrected chi connectivity index (χ4v) is 10.9. The number of carbonyl (C=O) groups is 10. The largest absolute Gasteiger partial charge is 0.480 e. The molecule has 2 saturated heterocycles. The average molecular weight is 1220 g/mol. The Kier molecular flexibility index (Phi) is 29.4. The Morgan fingerprint density at radius 1 is 0.659 bits per heavy atom. The number of amides is 6. The van der Waals surface area contributed by atoms with Crippen LogP contribution in [0, 0.1) is 11.8 Å². The van der Waals surface area contributed by atoms with Gasteiger partial charge in [-0.15, -0.1) is 0 Å². The highest BCUT2D eigenvalue weighted by Crippen LogP contribution is 2.51. The Bertz CT molecular complexity index is 2350. The van der Waals surface area contributed by atoms with E-state index in [1.165, 1.54) is 18.7 Å². The molecule has 4 rings (SSSR count). The van der Waals surface area contributed by atoms with Crippen LogP contribution in [0.3, 0.4) is 0 Å². The number of nitrogens with one attached hydrogen (secondary N) is 2. The monoisotopic (exact) mass is 1220 g/mol. The van der Waals surface area contributed by atoms with Gasteiger partial charge in [0.25, 0.3) is 0 Å². The van der Waals surface area contributed by atoms with Crippen molar-refractivity contribution in [1.82, 2.24) is 25.3 Å². The fraction of sp³-hybridized carbons (Fsp3) is 0.767. The highest BCUT2D eigenvalue weighted by molar-refractivity contribution is 6.76. The molecule has 484 valence electrons. The number of aliphatic hydroxyl groups excluding tert-OH is 2. The maximum Gasteiger partial charge on any atom is 0.408 e. The van der Waals surface area contributed by atoms with Gasteiger partial charge in [0.05, 0.1) is 32.0 Å². The van der Waals surface area contributed by atoms with Crippen LogP contribution in [0.15, 0.2) is 24.3 Å².